The molecule has 0 saturated heterocycles. The lowest BCUT2D eigenvalue weighted by molar-refractivity contribution is -0.125. The Labute approximate surface area is 145 Å². The van der Waals surface area contributed by atoms with E-state index in [4.69, 9.17) is 0 Å². The summed E-state index contributed by atoms with van der Waals surface area (Å²) in [6.45, 7) is 0.320. The maximum Gasteiger partial charge on any atom is 0.295 e. The highest BCUT2D eigenvalue weighted by Crippen LogP contribution is 2.22. The molecule has 6 heteroatoms. The molecule has 0 N–H and O–H groups in total. The lowest BCUT2D eigenvalue weighted by Gasteiger charge is -2.14. The second-order valence-corrected chi connectivity index (χ2v) is 7.10. The van der Waals surface area contributed by atoms with E-state index < -0.39 is 11.7 Å². The average molecular weight is 389 g/mol. The standard InChI is InChI=1S/C17H13BrN2O2S/c1-20(10-15-19-13-4-2-3-5-14(13)23-15)17(22)16(21)11-6-8-12(18)9-7-11/h2-9H,10H2,1H3. The van der Waals surface area contributed by atoms with Crippen LogP contribution in [0, 0.1) is 0 Å². The molecule has 0 aliphatic rings. The first-order valence-corrected chi connectivity index (χ1v) is 8.55. The molecule has 3 aromatic rings. The molecule has 0 unspecified atom stereocenters. The van der Waals surface area contributed by atoms with E-state index in [1.807, 2.05) is 24.3 Å². The largest absolute Gasteiger partial charge is 0.332 e. The molecule has 0 fully saturated rings. The number of hydrogen-bond donors (Lipinski definition) is 0. The number of hydrogen-bond acceptors (Lipinski definition) is 4. The molecule has 23 heavy (non-hydrogen) atoms. The summed E-state index contributed by atoms with van der Waals surface area (Å²) in [6.07, 6.45) is 0. The van der Waals surface area contributed by atoms with Crippen molar-refractivity contribution in [3.63, 3.8) is 0 Å². The molecule has 1 heterocycles. The number of benzene rings is 2. The number of fused-ring (bicyclic) bond motifs is 1. The Kier molecular flexibility index (Phi) is 4.54. The van der Waals surface area contributed by atoms with Gasteiger partial charge in [-0.15, -0.1) is 11.3 Å². The van der Waals surface area contributed by atoms with Gasteiger partial charge in [0.05, 0.1) is 16.8 Å². The Morgan fingerprint density at radius 3 is 2.52 bits per heavy atom. The third kappa shape index (κ3) is 3.48. The van der Waals surface area contributed by atoms with Crippen molar-refractivity contribution in [2.24, 2.45) is 0 Å². The van der Waals surface area contributed by atoms with Gasteiger partial charge in [0.15, 0.2) is 0 Å². The van der Waals surface area contributed by atoms with Crippen LogP contribution in [0.25, 0.3) is 10.2 Å². The van der Waals surface area contributed by atoms with Crippen LogP contribution >= 0.6 is 27.3 Å². The van der Waals surface area contributed by atoms with Crippen molar-refractivity contribution < 1.29 is 9.59 Å². The number of likely N-dealkylation sites (N-methyl/N-ethyl adjacent to an activating group) is 1. The van der Waals surface area contributed by atoms with Gasteiger partial charge < -0.3 is 4.90 Å². The lowest BCUT2D eigenvalue weighted by atomic mass is 10.1. The molecular formula is C17H13BrN2O2S. The molecule has 0 aliphatic heterocycles. The normalized spacial score (nSPS) is 10.7. The minimum Gasteiger partial charge on any atom is -0.332 e. The van der Waals surface area contributed by atoms with E-state index in [1.54, 1.807) is 31.3 Å². The highest BCUT2D eigenvalue weighted by Gasteiger charge is 2.21. The van der Waals surface area contributed by atoms with Crippen LogP contribution in [0.5, 0.6) is 0 Å². The molecular weight excluding hydrogens is 376 g/mol. The van der Waals surface area contributed by atoms with Crippen molar-refractivity contribution in [3.8, 4) is 0 Å². The quantitative estimate of drug-likeness (QED) is 0.502. The van der Waals surface area contributed by atoms with E-state index in [1.165, 1.54) is 16.2 Å². The number of amides is 1. The first-order chi connectivity index (χ1) is 11.0. The molecule has 0 saturated carbocycles. The molecule has 116 valence electrons. The molecule has 0 spiro atoms. The van der Waals surface area contributed by atoms with Crippen molar-refractivity contribution in [2.75, 3.05) is 7.05 Å². The number of carbonyl (C=O) groups excluding carboxylic acids is 2. The zero-order valence-electron chi connectivity index (χ0n) is 12.3. The smallest absolute Gasteiger partial charge is 0.295 e. The van der Waals surface area contributed by atoms with Gasteiger partial charge >= 0.3 is 0 Å². The summed E-state index contributed by atoms with van der Waals surface area (Å²) in [5.41, 5.74) is 1.29. The lowest BCUT2D eigenvalue weighted by Crippen LogP contribution is -2.32. The minimum absolute atomic E-state index is 0.320. The Hall–Kier alpha value is -2.05. The van der Waals surface area contributed by atoms with Crippen molar-refractivity contribution in [1.82, 2.24) is 9.88 Å². The fourth-order valence-corrected chi connectivity index (χ4v) is 3.45. The van der Waals surface area contributed by atoms with Crippen LogP contribution in [-0.2, 0) is 11.3 Å². The van der Waals surface area contributed by atoms with Crippen LogP contribution in [0.1, 0.15) is 15.4 Å². The molecule has 0 bridgehead atoms. The summed E-state index contributed by atoms with van der Waals surface area (Å²) in [6, 6.07) is 14.6. The Balaban J connectivity index is 1.74. The number of rotatable bonds is 4. The summed E-state index contributed by atoms with van der Waals surface area (Å²) in [7, 11) is 1.62. The van der Waals surface area contributed by atoms with Gasteiger partial charge in [0.2, 0.25) is 5.78 Å². The van der Waals surface area contributed by atoms with Gasteiger partial charge in [-0.3, -0.25) is 9.59 Å². The van der Waals surface area contributed by atoms with Gasteiger partial charge in [-0.05, 0) is 36.4 Å². The molecule has 4 nitrogen and oxygen atoms in total. The highest BCUT2D eigenvalue weighted by molar-refractivity contribution is 9.10. The van der Waals surface area contributed by atoms with Crippen molar-refractivity contribution in [3.05, 3.63) is 63.6 Å². The number of nitrogens with zero attached hydrogens (tertiary/aromatic N) is 2. The summed E-state index contributed by atoms with van der Waals surface area (Å²) in [5, 5.41) is 0.811. The SMILES string of the molecule is CN(Cc1nc2ccccc2s1)C(=O)C(=O)c1ccc(Br)cc1. The van der Waals surface area contributed by atoms with Crippen molar-refractivity contribution >= 4 is 49.2 Å². The highest BCUT2D eigenvalue weighted by atomic mass is 79.9. The van der Waals surface area contributed by atoms with E-state index in [2.05, 4.69) is 20.9 Å². The zero-order valence-corrected chi connectivity index (χ0v) is 14.7. The molecule has 3 rings (SSSR count). The topological polar surface area (TPSA) is 50.3 Å². The third-order valence-corrected chi connectivity index (χ3v) is 4.91. The fourth-order valence-electron chi connectivity index (χ4n) is 2.16. The van der Waals surface area contributed by atoms with Crippen LogP contribution < -0.4 is 0 Å². The third-order valence-electron chi connectivity index (χ3n) is 3.36. The van der Waals surface area contributed by atoms with E-state index in [0.717, 1.165) is 19.7 Å². The predicted molar refractivity (Wildman–Crippen MR) is 94.6 cm³/mol. The van der Waals surface area contributed by atoms with Crippen LogP contribution in [0.3, 0.4) is 0 Å². The van der Waals surface area contributed by atoms with Crippen LogP contribution in [0.4, 0.5) is 0 Å². The van der Waals surface area contributed by atoms with Crippen LogP contribution in [0.15, 0.2) is 53.0 Å². The van der Waals surface area contributed by atoms with Gasteiger partial charge in [-0.1, -0.05) is 28.1 Å². The van der Waals surface area contributed by atoms with Gasteiger partial charge in [-0.2, -0.15) is 0 Å². The van der Waals surface area contributed by atoms with Crippen LogP contribution in [0.2, 0.25) is 0 Å². The zero-order chi connectivity index (χ0) is 16.4. The average Bonchev–Trinajstić information content (AvgIpc) is 2.96. The summed E-state index contributed by atoms with van der Waals surface area (Å²) >= 11 is 4.84. The van der Waals surface area contributed by atoms with E-state index in [-0.39, 0.29) is 0 Å². The number of ketones is 1. The molecule has 0 radical (unpaired) electrons. The second kappa shape index (κ2) is 6.60. The molecule has 0 atom stereocenters. The number of Topliss-reactive ketones (excluding diaryl/α,β-unsaturated/α-hetero) is 1. The molecule has 1 amide bonds. The van der Waals surface area contributed by atoms with Crippen molar-refractivity contribution in [1.29, 1.82) is 0 Å². The Morgan fingerprint density at radius 1 is 1.13 bits per heavy atom. The first-order valence-electron chi connectivity index (χ1n) is 6.94. The predicted octanol–water partition coefficient (Wildman–Crippen LogP) is 3.90. The Morgan fingerprint density at radius 2 is 1.83 bits per heavy atom. The first kappa shape index (κ1) is 15.8. The Bertz CT molecular complexity index is 841. The summed E-state index contributed by atoms with van der Waals surface area (Å²) in [5.74, 6) is -1.05. The van der Waals surface area contributed by atoms with Gasteiger partial charge in [-0.25, -0.2) is 4.98 Å². The summed E-state index contributed by atoms with van der Waals surface area (Å²) < 4.78 is 1.94. The van der Waals surface area contributed by atoms with Gasteiger partial charge in [0.25, 0.3) is 5.91 Å². The van der Waals surface area contributed by atoms with E-state index in [0.29, 0.717) is 12.1 Å². The number of aromatic nitrogens is 1. The molecule has 2 aromatic carbocycles. The number of carbonyl (C=O) groups is 2. The maximum absolute atomic E-state index is 12.3. The van der Waals surface area contributed by atoms with Crippen LogP contribution in [-0.4, -0.2) is 28.6 Å². The maximum atomic E-state index is 12.3. The number of para-hydroxylation sites is 1. The molecule has 1 aromatic heterocycles. The van der Waals surface area contributed by atoms with Gasteiger partial charge in [0.1, 0.15) is 5.01 Å². The monoisotopic (exact) mass is 388 g/mol. The van der Waals surface area contributed by atoms with Gasteiger partial charge in [0, 0.05) is 17.1 Å². The molecule has 0 aliphatic carbocycles. The van der Waals surface area contributed by atoms with E-state index in [9.17, 15) is 9.59 Å². The fraction of sp³-hybridized carbons (Fsp3) is 0.118. The number of halogens is 1. The van der Waals surface area contributed by atoms with E-state index >= 15 is 0 Å². The summed E-state index contributed by atoms with van der Waals surface area (Å²) in [4.78, 5) is 30.4. The van der Waals surface area contributed by atoms with Crippen molar-refractivity contribution in [2.45, 2.75) is 6.54 Å². The second-order valence-electron chi connectivity index (χ2n) is 5.07. The minimum atomic E-state index is -0.536. The number of thiazole rings is 1.